The summed E-state index contributed by atoms with van der Waals surface area (Å²) in [7, 11) is 3.61. The van der Waals surface area contributed by atoms with Gasteiger partial charge in [-0.1, -0.05) is 41.9 Å². The lowest BCUT2D eigenvalue weighted by molar-refractivity contribution is 0.0950. The molecule has 1 atom stereocenters. The van der Waals surface area contributed by atoms with Gasteiger partial charge in [-0.25, -0.2) is 0 Å². The number of amides is 1. The highest BCUT2D eigenvalue weighted by Crippen LogP contribution is 2.32. The minimum absolute atomic E-state index is 0.0661. The Morgan fingerprint density at radius 3 is 2.83 bits per heavy atom. The van der Waals surface area contributed by atoms with E-state index in [2.05, 4.69) is 38.6 Å². The van der Waals surface area contributed by atoms with Crippen LogP contribution < -0.4 is 5.32 Å². The normalized spacial score (nSPS) is 17.4. The van der Waals surface area contributed by atoms with Crippen LogP contribution in [0.1, 0.15) is 58.8 Å². The van der Waals surface area contributed by atoms with E-state index in [4.69, 9.17) is 4.52 Å². The second-order valence-corrected chi connectivity index (χ2v) is 7.53. The van der Waals surface area contributed by atoms with E-state index in [0.29, 0.717) is 30.4 Å². The Morgan fingerprint density at radius 1 is 1.21 bits per heavy atom. The third kappa shape index (κ3) is 4.24. The fourth-order valence-corrected chi connectivity index (χ4v) is 4.11. The molecule has 0 saturated carbocycles. The van der Waals surface area contributed by atoms with Crippen molar-refractivity contribution in [2.45, 2.75) is 38.3 Å². The van der Waals surface area contributed by atoms with Gasteiger partial charge in [-0.05, 0) is 37.1 Å². The van der Waals surface area contributed by atoms with Crippen molar-refractivity contribution in [3.05, 3.63) is 71.1 Å². The summed E-state index contributed by atoms with van der Waals surface area (Å²) in [6.07, 6.45) is 4.04. The molecule has 152 valence electrons. The third-order valence-electron chi connectivity index (χ3n) is 5.63. The van der Waals surface area contributed by atoms with Crippen LogP contribution in [0, 0.1) is 0 Å². The first-order valence-corrected chi connectivity index (χ1v) is 10.1. The van der Waals surface area contributed by atoms with Gasteiger partial charge in [0.2, 0.25) is 5.89 Å². The average Bonchev–Trinajstić information content (AvgIpc) is 3.35. The Hall–Kier alpha value is -2.93. The van der Waals surface area contributed by atoms with Crippen molar-refractivity contribution in [1.82, 2.24) is 24.9 Å². The van der Waals surface area contributed by atoms with Crippen LogP contribution in [0.2, 0.25) is 0 Å². The summed E-state index contributed by atoms with van der Waals surface area (Å²) < 4.78 is 7.54. The molecule has 1 aliphatic heterocycles. The van der Waals surface area contributed by atoms with Crippen molar-refractivity contribution in [2.75, 3.05) is 13.6 Å². The summed E-state index contributed by atoms with van der Waals surface area (Å²) in [6.45, 7) is 1.59. The Labute approximate surface area is 170 Å². The average molecular weight is 393 g/mol. The molecule has 2 aromatic heterocycles. The molecular formula is C22H27N5O2. The number of aromatic nitrogens is 3. The third-order valence-corrected chi connectivity index (χ3v) is 5.63. The van der Waals surface area contributed by atoms with Gasteiger partial charge in [-0.3, -0.25) is 9.69 Å². The fraction of sp³-hybridized carbons (Fsp3) is 0.409. The summed E-state index contributed by atoms with van der Waals surface area (Å²) >= 11 is 0. The van der Waals surface area contributed by atoms with Crippen LogP contribution in [0.25, 0.3) is 0 Å². The summed E-state index contributed by atoms with van der Waals surface area (Å²) in [5.41, 5.74) is 2.99. The second kappa shape index (κ2) is 8.61. The standard InChI is InChI=1S/C22H27N5O2/c1-23-22(28)19-12-11-17(26(19)2)18-10-6-7-13-27(18)15-21-24-20(25-29-21)14-16-8-4-3-5-9-16/h3-5,8-9,11-12,18H,6-7,10,13-15H2,1-2H3,(H,23,28)/t18-/m1/s1. The van der Waals surface area contributed by atoms with E-state index < -0.39 is 0 Å². The highest BCUT2D eigenvalue weighted by molar-refractivity contribution is 5.92. The lowest BCUT2D eigenvalue weighted by Crippen LogP contribution is -2.34. The number of carbonyl (C=O) groups excluding carboxylic acids is 1. The van der Waals surface area contributed by atoms with E-state index in [1.807, 2.05) is 35.9 Å². The highest BCUT2D eigenvalue weighted by Gasteiger charge is 2.28. The second-order valence-electron chi connectivity index (χ2n) is 7.53. The van der Waals surface area contributed by atoms with Gasteiger partial charge in [0.05, 0.1) is 12.6 Å². The number of hydrogen-bond acceptors (Lipinski definition) is 5. The maximum absolute atomic E-state index is 12.1. The minimum Gasteiger partial charge on any atom is -0.354 e. The quantitative estimate of drug-likeness (QED) is 0.696. The van der Waals surface area contributed by atoms with E-state index in [1.54, 1.807) is 7.05 Å². The van der Waals surface area contributed by atoms with Crippen LogP contribution in [0.15, 0.2) is 47.0 Å². The fourth-order valence-electron chi connectivity index (χ4n) is 4.11. The van der Waals surface area contributed by atoms with Crippen molar-refractivity contribution in [3.8, 4) is 0 Å². The smallest absolute Gasteiger partial charge is 0.267 e. The van der Waals surface area contributed by atoms with Gasteiger partial charge in [-0.15, -0.1) is 0 Å². The molecule has 0 spiro atoms. The zero-order valence-electron chi connectivity index (χ0n) is 17.0. The van der Waals surface area contributed by atoms with Crippen LogP contribution in [-0.4, -0.2) is 39.1 Å². The topological polar surface area (TPSA) is 76.2 Å². The van der Waals surface area contributed by atoms with Crippen LogP contribution in [0.5, 0.6) is 0 Å². The molecular weight excluding hydrogens is 366 g/mol. The molecule has 1 saturated heterocycles. The van der Waals surface area contributed by atoms with Crippen LogP contribution in [0.3, 0.4) is 0 Å². The molecule has 1 fully saturated rings. The molecule has 7 nitrogen and oxygen atoms in total. The molecule has 7 heteroatoms. The molecule has 1 aliphatic rings. The molecule has 3 heterocycles. The maximum atomic E-state index is 12.1. The summed E-state index contributed by atoms with van der Waals surface area (Å²) in [4.78, 5) is 19.1. The Bertz CT molecular complexity index is 963. The molecule has 0 unspecified atom stereocenters. The largest absolute Gasteiger partial charge is 0.354 e. The molecule has 0 aliphatic carbocycles. The van der Waals surface area contributed by atoms with E-state index in [0.717, 1.165) is 25.1 Å². The van der Waals surface area contributed by atoms with Gasteiger partial charge >= 0.3 is 0 Å². The van der Waals surface area contributed by atoms with Crippen LogP contribution >= 0.6 is 0 Å². The van der Waals surface area contributed by atoms with E-state index >= 15 is 0 Å². The van der Waals surface area contributed by atoms with Crippen LogP contribution in [-0.2, 0) is 20.0 Å². The lowest BCUT2D eigenvalue weighted by Gasteiger charge is -2.35. The summed E-state index contributed by atoms with van der Waals surface area (Å²) in [5, 5.41) is 6.87. The first kappa shape index (κ1) is 19.4. The van der Waals surface area contributed by atoms with E-state index in [1.165, 1.54) is 12.0 Å². The Kier molecular flexibility index (Phi) is 5.76. The monoisotopic (exact) mass is 393 g/mol. The van der Waals surface area contributed by atoms with Gasteiger partial charge < -0.3 is 14.4 Å². The minimum atomic E-state index is -0.0661. The molecule has 0 bridgehead atoms. The zero-order chi connectivity index (χ0) is 20.2. The number of hydrogen-bond donors (Lipinski definition) is 1. The molecule has 1 amide bonds. The van der Waals surface area contributed by atoms with Crippen molar-refractivity contribution in [1.29, 1.82) is 0 Å². The predicted octanol–water partition coefficient (Wildman–Crippen LogP) is 3.09. The number of carbonyl (C=O) groups is 1. The number of likely N-dealkylation sites (tertiary alicyclic amines) is 1. The van der Waals surface area contributed by atoms with Crippen molar-refractivity contribution < 1.29 is 9.32 Å². The number of nitrogens with one attached hydrogen (secondary N) is 1. The number of benzene rings is 1. The van der Waals surface area contributed by atoms with Crippen molar-refractivity contribution in [2.24, 2.45) is 7.05 Å². The van der Waals surface area contributed by atoms with Gasteiger partial charge in [-0.2, -0.15) is 4.98 Å². The number of piperidine rings is 1. The SMILES string of the molecule is CNC(=O)c1ccc([C@H]2CCCCN2Cc2nc(Cc3ccccc3)no2)n1C. The number of rotatable bonds is 6. The number of nitrogens with zero attached hydrogens (tertiary/aromatic N) is 4. The molecule has 3 aromatic rings. The molecule has 1 N–H and O–H groups in total. The Morgan fingerprint density at radius 2 is 2.03 bits per heavy atom. The summed E-state index contributed by atoms with van der Waals surface area (Å²) in [6, 6.07) is 14.3. The molecule has 4 rings (SSSR count). The molecule has 29 heavy (non-hydrogen) atoms. The van der Waals surface area contributed by atoms with Crippen molar-refractivity contribution in [3.63, 3.8) is 0 Å². The van der Waals surface area contributed by atoms with Crippen molar-refractivity contribution >= 4 is 5.91 Å². The lowest BCUT2D eigenvalue weighted by atomic mass is 9.99. The van der Waals surface area contributed by atoms with Gasteiger partial charge in [0, 0.05) is 26.2 Å². The molecule has 1 aromatic carbocycles. The van der Waals surface area contributed by atoms with Gasteiger partial charge in [0.1, 0.15) is 5.69 Å². The summed E-state index contributed by atoms with van der Waals surface area (Å²) in [5.74, 6) is 1.28. The van der Waals surface area contributed by atoms with Gasteiger partial charge in [0.25, 0.3) is 5.91 Å². The predicted molar refractivity (Wildman–Crippen MR) is 109 cm³/mol. The first-order chi connectivity index (χ1) is 14.2. The van der Waals surface area contributed by atoms with Gasteiger partial charge in [0.15, 0.2) is 5.82 Å². The first-order valence-electron chi connectivity index (χ1n) is 10.1. The highest BCUT2D eigenvalue weighted by atomic mass is 16.5. The Balaban J connectivity index is 1.49. The van der Waals surface area contributed by atoms with Crippen LogP contribution in [0.4, 0.5) is 0 Å². The zero-order valence-corrected chi connectivity index (χ0v) is 17.0. The van der Waals surface area contributed by atoms with E-state index in [9.17, 15) is 4.79 Å². The van der Waals surface area contributed by atoms with E-state index in [-0.39, 0.29) is 11.9 Å². The maximum Gasteiger partial charge on any atom is 0.267 e. The molecule has 0 radical (unpaired) electrons.